The molecule has 0 radical (unpaired) electrons. The molecule has 0 spiro atoms. The fourth-order valence-corrected chi connectivity index (χ4v) is 3.55. The first-order valence-corrected chi connectivity index (χ1v) is 10.6. The van der Waals surface area contributed by atoms with Crippen molar-refractivity contribution >= 4 is 50.2 Å². The molecule has 10 heteroatoms. The molecular weight excluding hydrogens is 499 g/mol. The van der Waals surface area contributed by atoms with Gasteiger partial charge >= 0.3 is 12.2 Å². The van der Waals surface area contributed by atoms with E-state index in [0.29, 0.717) is 11.5 Å². The summed E-state index contributed by atoms with van der Waals surface area (Å²) in [6.07, 6.45) is -3.33. The quantitative estimate of drug-likeness (QED) is 0.284. The fourth-order valence-electron chi connectivity index (χ4n) is 3.06. The summed E-state index contributed by atoms with van der Waals surface area (Å²) in [6.45, 7) is 0.257. The van der Waals surface area contributed by atoms with Crippen molar-refractivity contribution < 1.29 is 18.0 Å². The van der Waals surface area contributed by atoms with Gasteiger partial charge in [-0.25, -0.2) is 14.8 Å². The van der Waals surface area contributed by atoms with Gasteiger partial charge in [-0.05, 0) is 54.1 Å². The van der Waals surface area contributed by atoms with E-state index in [4.69, 9.17) is 0 Å². The molecule has 168 valence electrons. The van der Waals surface area contributed by atoms with Gasteiger partial charge in [-0.1, -0.05) is 34.1 Å². The van der Waals surface area contributed by atoms with Crippen molar-refractivity contribution in [3.8, 4) is 0 Å². The number of hydrogen-bond donors (Lipinski definition) is 3. The molecule has 0 atom stereocenters. The summed E-state index contributed by atoms with van der Waals surface area (Å²) in [7, 11) is 0. The summed E-state index contributed by atoms with van der Waals surface area (Å²) in [4.78, 5) is 20.6. The minimum Gasteiger partial charge on any atom is -0.340 e. The van der Waals surface area contributed by atoms with Crippen molar-refractivity contribution in [2.75, 3.05) is 10.6 Å². The third-order valence-electron chi connectivity index (χ3n) is 4.69. The molecule has 0 saturated heterocycles. The number of nitrogens with one attached hydrogen (secondary N) is 3. The molecule has 0 saturated carbocycles. The molecule has 4 aromatic rings. The van der Waals surface area contributed by atoms with Crippen molar-refractivity contribution in [2.45, 2.75) is 12.7 Å². The summed E-state index contributed by atoms with van der Waals surface area (Å²) in [6, 6.07) is 17.6. The number of aromatic nitrogens is 2. The second kappa shape index (κ2) is 9.45. The van der Waals surface area contributed by atoms with Crippen LogP contribution in [0.5, 0.6) is 0 Å². The Balaban J connectivity index is 1.32. The molecule has 0 aliphatic carbocycles. The average molecular weight is 516 g/mol. The molecule has 0 fully saturated rings. The smallest absolute Gasteiger partial charge is 0.340 e. The van der Waals surface area contributed by atoms with Gasteiger partial charge in [0.25, 0.3) is 0 Å². The number of carbonyl (C=O) groups excluding carboxylic acids is 1. The molecule has 0 bridgehead atoms. The summed E-state index contributed by atoms with van der Waals surface area (Å²) in [5.74, 6) is 0.510. The SMILES string of the molecule is O=C(NCc1ccc(Nc2cc(C(F)(F)F)ccn2)cc1)Nc1ccc2c(Br)cccc2n1. The van der Waals surface area contributed by atoms with Gasteiger partial charge in [-0.15, -0.1) is 0 Å². The number of hydrogen-bond acceptors (Lipinski definition) is 4. The average Bonchev–Trinajstić information content (AvgIpc) is 2.78. The van der Waals surface area contributed by atoms with Gasteiger partial charge < -0.3 is 10.6 Å². The normalized spacial score (nSPS) is 11.3. The number of rotatable bonds is 5. The third kappa shape index (κ3) is 5.78. The largest absolute Gasteiger partial charge is 0.416 e. The highest BCUT2D eigenvalue weighted by Crippen LogP contribution is 2.30. The van der Waals surface area contributed by atoms with Crippen LogP contribution in [-0.4, -0.2) is 16.0 Å². The molecule has 2 heterocycles. The summed E-state index contributed by atoms with van der Waals surface area (Å²) < 4.78 is 39.4. The number of urea groups is 1. The Hall–Kier alpha value is -3.66. The number of amides is 2. The number of pyridine rings is 2. The van der Waals surface area contributed by atoms with Crippen LogP contribution in [0.15, 0.2) is 77.4 Å². The molecule has 0 aliphatic rings. The zero-order chi connectivity index (χ0) is 23.4. The van der Waals surface area contributed by atoms with Crippen LogP contribution in [0.2, 0.25) is 0 Å². The van der Waals surface area contributed by atoms with Crippen LogP contribution in [0.1, 0.15) is 11.1 Å². The van der Waals surface area contributed by atoms with Crippen molar-refractivity contribution in [1.82, 2.24) is 15.3 Å². The highest BCUT2D eigenvalue weighted by atomic mass is 79.9. The Morgan fingerprint density at radius 1 is 0.970 bits per heavy atom. The molecule has 33 heavy (non-hydrogen) atoms. The highest BCUT2D eigenvalue weighted by Gasteiger charge is 2.30. The summed E-state index contributed by atoms with van der Waals surface area (Å²) >= 11 is 3.46. The van der Waals surface area contributed by atoms with Crippen molar-refractivity contribution in [1.29, 1.82) is 0 Å². The molecule has 6 nitrogen and oxygen atoms in total. The number of carbonyl (C=O) groups is 1. The molecule has 3 N–H and O–H groups in total. The first-order valence-electron chi connectivity index (χ1n) is 9.77. The van der Waals surface area contributed by atoms with Crippen LogP contribution in [-0.2, 0) is 12.7 Å². The van der Waals surface area contributed by atoms with Crippen molar-refractivity contribution in [3.05, 3.63) is 88.5 Å². The third-order valence-corrected chi connectivity index (χ3v) is 5.38. The number of halogens is 4. The van der Waals surface area contributed by atoms with E-state index in [1.807, 2.05) is 24.3 Å². The van der Waals surface area contributed by atoms with Gasteiger partial charge in [-0.3, -0.25) is 5.32 Å². The Bertz CT molecular complexity index is 1300. The van der Waals surface area contributed by atoms with Gasteiger partial charge in [0, 0.05) is 28.3 Å². The molecular formula is C23H17BrF3N5O. The van der Waals surface area contributed by atoms with E-state index in [0.717, 1.165) is 39.3 Å². The van der Waals surface area contributed by atoms with Gasteiger partial charge in [-0.2, -0.15) is 13.2 Å². The van der Waals surface area contributed by atoms with Crippen LogP contribution in [0.25, 0.3) is 10.9 Å². The second-order valence-electron chi connectivity index (χ2n) is 7.06. The highest BCUT2D eigenvalue weighted by molar-refractivity contribution is 9.10. The molecule has 2 amide bonds. The number of alkyl halides is 3. The van der Waals surface area contributed by atoms with Crippen LogP contribution in [0.4, 0.5) is 35.3 Å². The Morgan fingerprint density at radius 3 is 2.52 bits per heavy atom. The van der Waals surface area contributed by atoms with Gasteiger partial charge in [0.05, 0.1) is 11.1 Å². The van der Waals surface area contributed by atoms with Gasteiger partial charge in [0.15, 0.2) is 0 Å². The lowest BCUT2D eigenvalue weighted by molar-refractivity contribution is -0.137. The second-order valence-corrected chi connectivity index (χ2v) is 7.91. The minimum absolute atomic E-state index is 0.0880. The Labute approximate surface area is 195 Å². The first kappa shape index (κ1) is 22.5. The van der Waals surface area contributed by atoms with E-state index in [-0.39, 0.29) is 12.4 Å². The monoisotopic (exact) mass is 515 g/mol. The summed E-state index contributed by atoms with van der Waals surface area (Å²) in [5.41, 5.74) is 1.35. The first-order chi connectivity index (χ1) is 15.8. The van der Waals surface area contributed by atoms with Crippen molar-refractivity contribution in [2.24, 2.45) is 0 Å². The maximum absolute atomic E-state index is 12.8. The Kier molecular flexibility index (Phi) is 6.45. The van der Waals surface area contributed by atoms with E-state index in [1.165, 1.54) is 0 Å². The molecule has 0 aliphatic heterocycles. The van der Waals surface area contributed by atoms with Gasteiger partial charge in [0.2, 0.25) is 0 Å². The molecule has 2 aromatic heterocycles. The molecule has 0 unspecified atom stereocenters. The number of anilines is 3. The van der Waals surface area contributed by atoms with E-state index in [1.54, 1.807) is 30.3 Å². The predicted octanol–water partition coefficient (Wildman–Crippen LogP) is 6.48. The van der Waals surface area contributed by atoms with E-state index in [2.05, 4.69) is 41.8 Å². The standard InChI is InChI=1S/C23H17BrF3N5O/c24-18-2-1-3-19-17(18)8-9-20(31-19)32-22(33)29-13-14-4-6-16(7-5-14)30-21-12-15(10-11-28-21)23(25,26)27/h1-12H,13H2,(H,28,30)(H2,29,31,32,33). The van der Waals surface area contributed by atoms with Crippen LogP contribution in [0.3, 0.4) is 0 Å². The van der Waals surface area contributed by atoms with Crippen LogP contribution in [0, 0.1) is 0 Å². The summed E-state index contributed by atoms with van der Waals surface area (Å²) in [5, 5.41) is 9.22. The lowest BCUT2D eigenvalue weighted by Gasteiger charge is -2.11. The van der Waals surface area contributed by atoms with E-state index < -0.39 is 17.8 Å². The Morgan fingerprint density at radius 2 is 1.76 bits per heavy atom. The van der Waals surface area contributed by atoms with Gasteiger partial charge in [0.1, 0.15) is 11.6 Å². The topological polar surface area (TPSA) is 78.9 Å². The predicted molar refractivity (Wildman–Crippen MR) is 124 cm³/mol. The lowest BCUT2D eigenvalue weighted by Crippen LogP contribution is -2.28. The van der Waals surface area contributed by atoms with E-state index in [9.17, 15) is 18.0 Å². The maximum Gasteiger partial charge on any atom is 0.416 e. The number of benzene rings is 2. The molecule has 2 aromatic carbocycles. The maximum atomic E-state index is 12.8. The van der Waals surface area contributed by atoms with E-state index >= 15 is 0 Å². The number of fused-ring (bicyclic) bond motifs is 1. The van der Waals surface area contributed by atoms with Crippen LogP contribution >= 0.6 is 15.9 Å². The fraction of sp³-hybridized carbons (Fsp3) is 0.0870. The zero-order valence-electron chi connectivity index (χ0n) is 16.9. The lowest BCUT2D eigenvalue weighted by atomic mass is 10.2. The van der Waals surface area contributed by atoms with Crippen molar-refractivity contribution in [3.63, 3.8) is 0 Å². The molecule has 4 rings (SSSR count). The minimum atomic E-state index is -4.44. The number of nitrogens with zero attached hydrogens (tertiary/aromatic N) is 2. The zero-order valence-corrected chi connectivity index (χ0v) is 18.5. The van der Waals surface area contributed by atoms with Crippen LogP contribution < -0.4 is 16.0 Å².